The lowest BCUT2D eigenvalue weighted by Crippen LogP contribution is -2.02. The minimum atomic E-state index is -0.403. The van der Waals surface area contributed by atoms with Gasteiger partial charge in [-0.15, -0.1) is 0 Å². The van der Waals surface area contributed by atoms with Crippen molar-refractivity contribution in [1.29, 1.82) is 0 Å². The van der Waals surface area contributed by atoms with Crippen LogP contribution >= 0.6 is 31.9 Å². The first-order chi connectivity index (χ1) is 37.3. The van der Waals surface area contributed by atoms with E-state index in [0.717, 1.165) is 144 Å². The molecule has 5 aromatic carbocycles. The molecular formula is C62H70Br2F2N4O6. The normalized spacial score (nSPS) is 11.1. The molecule has 402 valence electrons. The van der Waals surface area contributed by atoms with Crippen molar-refractivity contribution in [3.8, 4) is 79.5 Å². The Hall–Kier alpha value is -6.12. The maximum atomic E-state index is 14.9. The minimum Gasteiger partial charge on any atom is -0.494 e. The summed E-state index contributed by atoms with van der Waals surface area (Å²) in [6.45, 7) is 7.99. The zero-order valence-corrected chi connectivity index (χ0v) is 47.0. The highest BCUT2D eigenvalue weighted by Crippen LogP contribution is 2.37. The molecule has 0 fully saturated rings. The van der Waals surface area contributed by atoms with Crippen LogP contribution in [0.3, 0.4) is 0 Å². The molecule has 7 aromatic rings. The number of halogens is 4. The molecular weight excluding hydrogens is 1090 g/mol. The zero-order valence-electron chi connectivity index (χ0n) is 43.9. The van der Waals surface area contributed by atoms with Gasteiger partial charge in [0.25, 0.3) is 0 Å². The molecule has 76 heavy (non-hydrogen) atoms. The Morgan fingerprint density at radius 2 is 0.645 bits per heavy atom. The van der Waals surface area contributed by atoms with Gasteiger partial charge in [-0.2, -0.15) is 0 Å². The van der Waals surface area contributed by atoms with Crippen molar-refractivity contribution >= 4 is 31.9 Å². The van der Waals surface area contributed by atoms with Crippen molar-refractivity contribution in [3.63, 3.8) is 0 Å². The van der Waals surface area contributed by atoms with Crippen LogP contribution in [-0.4, -0.2) is 59.6 Å². The monoisotopic (exact) mass is 1160 g/mol. The van der Waals surface area contributed by atoms with Gasteiger partial charge in [-0.3, -0.25) is 0 Å². The van der Waals surface area contributed by atoms with Crippen molar-refractivity contribution in [2.24, 2.45) is 0 Å². The van der Waals surface area contributed by atoms with Crippen LogP contribution in [-0.2, 0) is 0 Å². The number of hydrogen-bond acceptors (Lipinski definition) is 10. The molecule has 0 saturated heterocycles. The van der Waals surface area contributed by atoms with E-state index in [4.69, 9.17) is 28.4 Å². The van der Waals surface area contributed by atoms with Gasteiger partial charge in [0.2, 0.25) is 0 Å². The molecule has 0 aliphatic rings. The van der Waals surface area contributed by atoms with E-state index in [1.165, 1.54) is 25.0 Å². The van der Waals surface area contributed by atoms with Gasteiger partial charge in [0.1, 0.15) is 46.1 Å². The van der Waals surface area contributed by atoms with E-state index < -0.39 is 11.6 Å². The van der Waals surface area contributed by atoms with Gasteiger partial charge in [-0.05, 0) is 168 Å². The summed E-state index contributed by atoms with van der Waals surface area (Å²) in [7, 11) is 0. The highest BCUT2D eigenvalue weighted by Gasteiger charge is 2.14. The first-order valence-electron chi connectivity index (χ1n) is 27.0. The number of rotatable bonds is 34. The summed E-state index contributed by atoms with van der Waals surface area (Å²) in [5.41, 5.74) is 4.27. The predicted molar refractivity (Wildman–Crippen MR) is 306 cm³/mol. The topological polar surface area (TPSA) is 107 Å². The van der Waals surface area contributed by atoms with Crippen LogP contribution < -0.4 is 28.4 Å². The molecule has 0 bridgehead atoms. The average molecular weight is 1170 g/mol. The molecule has 0 spiro atoms. The quantitative estimate of drug-likeness (QED) is 0.0362. The molecule has 7 rings (SSSR count). The van der Waals surface area contributed by atoms with E-state index in [0.29, 0.717) is 73.9 Å². The molecule has 2 aromatic heterocycles. The lowest BCUT2D eigenvalue weighted by molar-refractivity contribution is 0.282. The molecule has 0 radical (unpaired) electrons. The fraction of sp³-hybridized carbons (Fsp3) is 0.387. The van der Waals surface area contributed by atoms with Crippen LogP contribution in [0, 0.1) is 11.6 Å². The predicted octanol–water partition coefficient (Wildman–Crippen LogP) is 17.7. The Bertz CT molecular complexity index is 2610. The van der Waals surface area contributed by atoms with E-state index in [-0.39, 0.29) is 0 Å². The molecule has 0 atom stereocenters. The summed E-state index contributed by atoms with van der Waals surface area (Å²) < 4.78 is 67.2. The van der Waals surface area contributed by atoms with Crippen molar-refractivity contribution in [2.75, 3.05) is 39.6 Å². The van der Waals surface area contributed by atoms with Crippen molar-refractivity contribution < 1.29 is 37.2 Å². The van der Waals surface area contributed by atoms with E-state index in [1.807, 2.05) is 60.7 Å². The van der Waals surface area contributed by atoms with Crippen molar-refractivity contribution in [2.45, 2.75) is 117 Å². The van der Waals surface area contributed by atoms with E-state index in [1.54, 1.807) is 49.1 Å². The number of ether oxygens (including phenoxy) is 6. The minimum absolute atomic E-state index is 0.332. The van der Waals surface area contributed by atoms with E-state index in [9.17, 15) is 8.78 Å². The first-order valence-corrected chi connectivity index (χ1v) is 28.6. The second kappa shape index (κ2) is 31.8. The van der Waals surface area contributed by atoms with Gasteiger partial charge in [0, 0.05) is 48.0 Å². The molecule has 14 heteroatoms. The Morgan fingerprint density at radius 3 is 0.974 bits per heavy atom. The van der Waals surface area contributed by atoms with Crippen LogP contribution in [0.1, 0.15) is 117 Å². The summed E-state index contributed by atoms with van der Waals surface area (Å²) in [4.78, 5) is 17.8. The van der Waals surface area contributed by atoms with Crippen LogP contribution in [0.15, 0.2) is 131 Å². The van der Waals surface area contributed by atoms with Gasteiger partial charge < -0.3 is 28.4 Å². The summed E-state index contributed by atoms with van der Waals surface area (Å²) >= 11 is 7.32. The molecule has 0 aliphatic heterocycles. The number of nitrogens with zero attached hydrogens (tertiary/aromatic N) is 4. The van der Waals surface area contributed by atoms with Crippen LogP contribution in [0.5, 0.6) is 34.5 Å². The molecule has 0 aliphatic carbocycles. The third-order valence-corrected chi connectivity index (χ3v) is 13.9. The summed E-state index contributed by atoms with van der Waals surface area (Å²) in [6.07, 6.45) is 23.6. The second-order valence-electron chi connectivity index (χ2n) is 18.7. The number of aromatic nitrogens is 4. The maximum Gasteiger partial charge on any atom is 0.162 e. The molecule has 0 saturated carbocycles. The Balaban J connectivity index is 0.705. The lowest BCUT2D eigenvalue weighted by atomic mass is 10.1. The third kappa shape index (κ3) is 18.6. The van der Waals surface area contributed by atoms with Crippen molar-refractivity contribution in [3.05, 3.63) is 142 Å². The SMILES string of the molecule is CCCCCCOc1ccc(-c2ncc(-c3ccc(OCCCCCCOc4cc(Br)c(OCCCCCCOc5ccc(-c6cnc(-c7ccc(OCCCCCC)cc7F)nc6)cc5)cc4Br)cc3)cn2)c(F)c1. The van der Waals surface area contributed by atoms with E-state index >= 15 is 0 Å². The Labute approximate surface area is 464 Å². The van der Waals surface area contributed by atoms with Crippen LogP contribution in [0.25, 0.3) is 45.0 Å². The number of unbranched alkanes of at least 4 members (excludes halogenated alkanes) is 12. The summed E-state index contributed by atoms with van der Waals surface area (Å²) in [6, 6.07) is 29.3. The number of benzene rings is 5. The molecule has 2 heterocycles. The summed E-state index contributed by atoms with van der Waals surface area (Å²) in [5, 5.41) is 0. The van der Waals surface area contributed by atoms with Gasteiger partial charge in [-0.1, -0.05) is 76.6 Å². The zero-order chi connectivity index (χ0) is 53.2. The van der Waals surface area contributed by atoms with Gasteiger partial charge in [0.05, 0.1) is 59.7 Å². The Morgan fingerprint density at radius 1 is 0.342 bits per heavy atom. The molecule has 0 unspecified atom stereocenters. The fourth-order valence-electron chi connectivity index (χ4n) is 8.28. The van der Waals surface area contributed by atoms with Gasteiger partial charge in [0.15, 0.2) is 11.6 Å². The summed E-state index contributed by atoms with van der Waals surface area (Å²) in [5.74, 6) is 4.06. The van der Waals surface area contributed by atoms with E-state index in [2.05, 4.69) is 65.6 Å². The number of hydrogen-bond donors (Lipinski definition) is 0. The standard InChI is InChI=1S/C62H70Br2F2N4O6/c1-3-5-7-13-33-73-51-27-29-53(57(65)37-51)61-67-41-47(42-68-61)45-19-23-49(24-20-45)71-31-15-9-11-17-35-75-59-39-56(64)60(40-55(59)63)76-36-18-12-10-16-32-72-50-25-21-46(22-26-50)48-43-69-62(70-44-48)54-30-28-52(38-58(54)66)74-34-14-8-6-4-2/h19-30,37-44H,3-18,31-36H2,1-2H3. The highest BCUT2D eigenvalue weighted by atomic mass is 79.9. The second-order valence-corrected chi connectivity index (χ2v) is 20.4. The van der Waals surface area contributed by atoms with Crippen molar-refractivity contribution in [1.82, 2.24) is 19.9 Å². The third-order valence-electron chi connectivity index (χ3n) is 12.7. The maximum absolute atomic E-state index is 14.9. The smallest absolute Gasteiger partial charge is 0.162 e. The van der Waals surface area contributed by atoms with Gasteiger partial charge >= 0.3 is 0 Å². The van der Waals surface area contributed by atoms with Crippen LogP contribution in [0.4, 0.5) is 8.78 Å². The van der Waals surface area contributed by atoms with Crippen LogP contribution in [0.2, 0.25) is 0 Å². The molecule has 0 N–H and O–H groups in total. The average Bonchev–Trinajstić information content (AvgIpc) is 3.44. The lowest BCUT2D eigenvalue weighted by Gasteiger charge is -2.13. The largest absolute Gasteiger partial charge is 0.494 e. The van der Waals surface area contributed by atoms with Gasteiger partial charge in [-0.25, -0.2) is 28.7 Å². The first kappa shape index (κ1) is 57.6. The fourth-order valence-corrected chi connectivity index (χ4v) is 9.16. The molecule has 10 nitrogen and oxygen atoms in total. The molecule has 0 amide bonds. The Kier molecular flexibility index (Phi) is 24.1. The highest BCUT2D eigenvalue weighted by molar-refractivity contribution is 9.11.